The van der Waals surface area contributed by atoms with Gasteiger partial charge in [0.15, 0.2) is 0 Å². The Morgan fingerprint density at radius 3 is 2.80 bits per heavy atom. The van der Waals surface area contributed by atoms with Gasteiger partial charge in [-0.15, -0.1) is 0 Å². The van der Waals surface area contributed by atoms with Crippen LogP contribution in [0.2, 0.25) is 0 Å². The van der Waals surface area contributed by atoms with Crippen molar-refractivity contribution in [2.75, 3.05) is 0 Å². The second-order valence-electron chi connectivity index (χ2n) is 9.32. The lowest BCUT2D eigenvalue weighted by Gasteiger charge is -2.57. The fourth-order valence-electron chi connectivity index (χ4n) is 7.39. The van der Waals surface area contributed by atoms with Gasteiger partial charge in [-0.1, -0.05) is 18.6 Å². The van der Waals surface area contributed by atoms with Crippen LogP contribution in [0.25, 0.3) is 0 Å². The molecule has 0 aliphatic heterocycles. The monoisotopic (exact) mass is 339 g/mol. The van der Waals surface area contributed by atoms with Crippen LogP contribution in [0.3, 0.4) is 0 Å². The van der Waals surface area contributed by atoms with Crippen molar-refractivity contribution in [1.29, 1.82) is 5.26 Å². The highest BCUT2D eigenvalue weighted by molar-refractivity contribution is 5.82. The van der Waals surface area contributed by atoms with Crippen molar-refractivity contribution in [3.63, 3.8) is 0 Å². The van der Waals surface area contributed by atoms with Crippen LogP contribution in [0, 0.1) is 45.8 Å². The minimum Gasteiger partial charge on any atom is -0.300 e. The molecular weight excluding hydrogens is 310 g/mol. The molecule has 0 aromatic rings. The van der Waals surface area contributed by atoms with E-state index in [0.29, 0.717) is 36.4 Å². The molecule has 0 saturated heterocycles. The van der Waals surface area contributed by atoms with Gasteiger partial charge in [-0.3, -0.25) is 9.59 Å². The number of carbonyl (C=O) groups is 2. The summed E-state index contributed by atoms with van der Waals surface area (Å²) >= 11 is 0. The zero-order valence-electron chi connectivity index (χ0n) is 15.5. The lowest BCUT2D eigenvalue weighted by Crippen LogP contribution is -2.51. The van der Waals surface area contributed by atoms with Crippen LogP contribution in [-0.4, -0.2) is 11.6 Å². The van der Waals surface area contributed by atoms with Gasteiger partial charge >= 0.3 is 0 Å². The van der Waals surface area contributed by atoms with Crippen molar-refractivity contribution in [3.05, 3.63) is 11.6 Å². The number of rotatable bonds is 2. The first-order valence-corrected chi connectivity index (χ1v) is 10.0. The van der Waals surface area contributed by atoms with E-state index in [1.54, 1.807) is 6.92 Å². The van der Waals surface area contributed by atoms with Crippen LogP contribution in [0.5, 0.6) is 0 Å². The van der Waals surface area contributed by atoms with Gasteiger partial charge in [0.2, 0.25) is 0 Å². The smallest absolute Gasteiger partial charge is 0.136 e. The molecule has 4 rings (SSSR count). The fraction of sp³-hybridized carbons (Fsp3) is 0.773. The molecule has 134 valence electrons. The second kappa shape index (κ2) is 5.79. The van der Waals surface area contributed by atoms with E-state index < -0.39 is 0 Å². The van der Waals surface area contributed by atoms with Crippen molar-refractivity contribution in [2.24, 2.45) is 34.5 Å². The van der Waals surface area contributed by atoms with E-state index in [9.17, 15) is 14.9 Å². The Hall–Kier alpha value is -1.43. The predicted octanol–water partition coefficient (Wildman–Crippen LogP) is 4.62. The molecule has 0 unspecified atom stereocenters. The molecule has 6 atom stereocenters. The molecule has 3 fully saturated rings. The molecule has 0 spiro atoms. The quantitative estimate of drug-likeness (QED) is 0.690. The molecule has 4 aliphatic rings. The highest BCUT2D eigenvalue weighted by Gasteiger charge is 2.61. The molecule has 0 aromatic heterocycles. The maximum absolute atomic E-state index is 12.3. The summed E-state index contributed by atoms with van der Waals surface area (Å²) < 4.78 is 0. The third-order valence-electron chi connectivity index (χ3n) is 8.55. The highest BCUT2D eigenvalue weighted by Crippen LogP contribution is 2.67. The molecule has 4 aliphatic carbocycles. The van der Waals surface area contributed by atoms with E-state index in [2.05, 4.69) is 19.1 Å². The van der Waals surface area contributed by atoms with Gasteiger partial charge in [0.25, 0.3) is 0 Å². The number of hydrogen-bond acceptors (Lipinski definition) is 3. The van der Waals surface area contributed by atoms with Crippen LogP contribution < -0.4 is 0 Å². The molecular formula is C22H29NO2. The Morgan fingerprint density at radius 1 is 1.28 bits per heavy atom. The summed E-state index contributed by atoms with van der Waals surface area (Å²) in [5.74, 6) is 2.50. The number of nitriles is 1. The lowest BCUT2D eigenvalue weighted by atomic mass is 9.46. The summed E-state index contributed by atoms with van der Waals surface area (Å²) in [6.07, 6.45) is 10.5. The van der Waals surface area contributed by atoms with E-state index in [1.807, 2.05) is 0 Å². The number of carbonyl (C=O) groups excluding carboxylic acids is 2. The van der Waals surface area contributed by atoms with Crippen LogP contribution in [-0.2, 0) is 9.59 Å². The summed E-state index contributed by atoms with van der Waals surface area (Å²) in [7, 11) is 0. The molecule has 0 radical (unpaired) electrons. The Morgan fingerprint density at radius 2 is 2.08 bits per heavy atom. The van der Waals surface area contributed by atoms with Crippen molar-refractivity contribution < 1.29 is 9.59 Å². The first kappa shape index (κ1) is 17.0. The first-order valence-electron chi connectivity index (χ1n) is 10.0. The zero-order valence-corrected chi connectivity index (χ0v) is 15.5. The summed E-state index contributed by atoms with van der Waals surface area (Å²) in [6.45, 7) is 4.11. The molecule has 0 bridgehead atoms. The van der Waals surface area contributed by atoms with E-state index in [0.717, 1.165) is 44.9 Å². The molecule has 3 nitrogen and oxygen atoms in total. The molecule has 0 heterocycles. The van der Waals surface area contributed by atoms with E-state index in [4.69, 9.17) is 0 Å². The Balaban J connectivity index is 1.71. The van der Waals surface area contributed by atoms with E-state index in [1.165, 1.54) is 5.57 Å². The van der Waals surface area contributed by atoms with Gasteiger partial charge in [0.05, 0.1) is 6.07 Å². The minimum absolute atomic E-state index is 0.0755. The van der Waals surface area contributed by atoms with Gasteiger partial charge in [-0.2, -0.15) is 5.26 Å². The molecule has 3 saturated carbocycles. The summed E-state index contributed by atoms with van der Waals surface area (Å²) in [4.78, 5) is 24.3. The average Bonchev–Trinajstić information content (AvgIpc) is 2.95. The standard InChI is InChI=1S/C22H29NO2/c1-14(24)18-5-6-20-17-4-3-15-13-16(25)7-9-21(15,2)19(17)8-10-22(18,20)11-12-23/h3,17-20H,4-11,13H2,1-2H3/t17-,18-,19+,20+,21+,22+/m1/s1. The summed E-state index contributed by atoms with van der Waals surface area (Å²) in [6, 6.07) is 2.44. The summed E-state index contributed by atoms with van der Waals surface area (Å²) in [5, 5.41) is 9.51. The van der Waals surface area contributed by atoms with Crippen molar-refractivity contribution in [1.82, 2.24) is 0 Å². The summed E-state index contributed by atoms with van der Waals surface area (Å²) in [5.41, 5.74) is 1.48. The Labute approximate surface area is 150 Å². The largest absolute Gasteiger partial charge is 0.300 e. The average molecular weight is 339 g/mol. The van der Waals surface area contributed by atoms with E-state index >= 15 is 0 Å². The molecule has 0 aromatic carbocycles. The SMILES string of the molecule is CC(=O)[C@H]1CC[C@H]2[C@@H]3CC=C4CC(=O)CC[C@]4(C)[C@H]3CC[C@]12CC#N. The maximum Gasteiger partial charge on any atom is 0.136 e. The number of Topliss-reactive ketones (excluding diaryl/α,β-unsaturated/α-hetero) is 2. The third kappa shape index (κ3) is 2.29. The highest BCUT2D eigenvalue weighted by atomic mass is 16.1. The van der Waals surface area contributed by atoms with Gasteiger partial charge in [-0.05, 0) is 74.0 Å². The van der Waals surface area contributed by atoms with Crippen molar-refractivity contribution in [3.8, 4) is 6.07 Å². The lowest BCUT2D eigenvalue weighted by molar-refractivity contribution is -0.129. The number of hydrogen-bond donors (Lipinski definition) is 0. The van der Waals surface area contributed by atoms with Crippen LogP contribution in [0.15, 0.2) is 11.6 Å². The molecule has 0 amide bonds. The third-order valence-corrected chi connectivity index (χ3v) is 8.55. The van der Waals surface area contributed by atoms with Gasteiger partial charge in [-0.25, -0.2) is 0 Å². The topological polar surface area (TPSA) is 57.9 Å². The van der Waals surface area contributed by atoms with Crippen LogP contribution in [0.1, 0.15) is 71.6 Å². The molecule has 0 N–H and O–H groups in total. The van der Waals surface area contributed by atoms with Crippen molar-refractivity contribution in [2.45, 2.75) is 71.6 Å². The first-order chi connectivity index (χ1) is 11.9. The molecule has 25 heavy (non-hydrogen) atoms. The normalized spacial score (nSPS) is 45.6. The van der Waals surface area contributed by atoms with Gasteiger partial charge in [0, 0.05) is 25.2 Å². The molecule has 3 heteroatoms. The predicted molar refractivity (Wildman–Crippen MR) is 95.4 cm³/mol. The van der Waals surface area contributed by atoms with E-state index in [-0.39, 0.29) is 22.5 Å². The van der Waals surface area contributed by atoms with Gasteiger partial charge in [0.1, 0.15) is 11.6 Å². The number of nitrogens with zero attached hydrogens (tertiary/aromatic N) is 1. The second-order valence-corrected chi connectivity index (χ2v) is 9.32. The number of allylic oxidation sites excluding steroid dienone is 2. The zero-order chi connectivity index (χ0) is 17.8. The van der Waals surface area contributed by atoms with Crippen LogP contribution >= 0.6 is 0 Å². The Bertz CT molecular complexity index is 687. The fourth-order valence-corrected chi connectivity index (χ4v) is 7.39. The van der Waals surface area contributed by atoms with Crippen LogP contribution in [0.4, 0.5) is 0 Å². The Kier molecular flexibility index (Phi) is 3.94. The maximum atomic E-state index is 12.3. The van der Waals surface area contributed by atoms with Gasteiger partial charge < -0.3 is 0 Å². The number of ketones is 2. The number of fused-ring (bicyclic) bond motifs is 5. The van der Waals surface area contributed by atoms with Crippen molar-refractivity contribution >= 4 is 11.6 Å². The minimum atomic E-state index is -0.0755.